The van der Waals surface area contributed by atoms with Gasteiger partial charge in [0.05, 0.1) is 0 Å². The van der Waals surface area contributed by atoms with E-state index in [2.05, 4.69) is 72.8 Å². The molecule has 0 atom stereocenters. The molecule has 4 N–H and O–H groups in total. The van der Waals surface area contributed by atoms with Crippen LogP contribution in [0.1, 0.15) is 0 Å². The summed E-state index contributed by atoms with van der Waals surface area (Å²) >= 11 is 0. The second kappa shape index (κ2) is 6.56. The first-order valence-electron chi connectivity index (χ1n) is 7.55. The van der Waals surface area contributed by atoms with E-state index in [1.807, 2.05) is 0 Å². The van der Waals surface area contributed by atoms with E-state index in [0.717, 1.165) is 0 Å². The number of hydrogen-bond donors (Lipinski definition) is 2. The molecule has 4 aromatic rings. The van der Waals surface area contributed by atoms with E-state index < -0.39 is 0 Å². The monoisotopic (exact) mass is 288 g/mol. The van der Waals surface area contributed by atoms with Gasteiger partial charge in [-0.05, 0) is 32.3 Å². The van der Waals surface area contributed by atoms with Gasteiger partial charge in [-0.3, -0.25) is 0 Å². The maximum absolute atomic E-state index is 4.90. The van der Waals surface area contributed by atoms with Crippen molar-refractivity contribution in [2.45, 2.75) is 0 Å². The summed E-state index contributed by atoms with van der Waals surface area (Å²) in [5, 5.41) is 8.04. The molecule has 0 spiro atoms. The molecule has 2 heteroatoms. The molecule has 4 aromatic carbocycles. The molecule has 0 aliphatic rings. The zero-order valence-corrected chi connectivity index (χ0v) is 12.5. The second-order valence-electron chi connectivity index (χ2n) is 5.21. The Bertz CT molecular complexity index is 690. The number of hydrogen-bond acceptors (Lipinski definition) is 2. The molecule has 0 aliphatic heterocycles. The van der Waals surface area contributed by atoms with Crippen molar-refractivity contribution in [2.24, 2.45) is 11.5 Å². The molecule has 22 heavy (non-hydrogen) atoms. The van der Waals surface area contributed by atoms with Crippen molar-refractivity contribution < 1.29 is 0 Å². The van der Waals surface area contributed by atoms with Crippen molar-refractivity contribution in [3.8, 4) is 0 Å². The third-order valence-corrected chi connectivity index (χ3v) is 3.82. The SMILES string of the molecule is NCCN.c1ccc2c(c1)c1ccccc1c1ccccc21. The first-order chi connectivity index (χ1) is 10.9. The number of benzene rings is 4. The first-order valence-corrected chi connectivity index (χ1v) is 7.55. The highest BCUT2D eigenvalue weighted by Gasteiger charge is 2.06. The van der Waals surface area contributed by atoms with Crippen LogP contribution in [0.5, 0.6) is 0 Å². The van der Waals surface area contributed by atoms with Crippen LogP contribution in [0, 0.1) is 0 Å². The van der Waals surface area contributed by atoms with E-state index in [0.29, 0.717) is 13.1 Å². The Morgan fingerprint density at radius 2 is 0.591 bits per heavy atom. The maximum Gasteiger partial charge on any atom is 0.00461 e. The van der Waals surface area contributed by atoms with Crippen molar-refractivity contribution >= 4 is 32.3 Å². The smallest absolute Gasteiger partial charge is 0.00461 e. The fourth-order valence-corrected chi connectivity index (χ4v) is 2.86. The Hall–Kier alpha value is -2.42. The summed E-state index contributed by atoms with van der Waals surface area (Å²) in [5.74, 6) is 0. The van der Waals surface area contributed by atoms with E-state index >= 15 is 0 Å². The Balaban J connectivity index is 0.000000325. The quantitative estimate of drug-likeness (QED) is 0.519. The number of rotatable bonds is 1. The minimum atomic E-state index is 0.597. The third-order valence-electron chi connectivity index (χ3n) is 3.82. The topological polar surface area (TPSA) is 52.0 Å². The van der Waals surface area contributed by atoms with Crippen LogP contribution in [0.2, 0.25) is 0 Å². The van der Waals surface area contributed by atoms with Crippen LogP contribution in [0.25, 0.3) is 32.3 Å². The molecule has 0 unspecified atom stereocenters. The van der Waals surface area contributed by atoms with Gasteiger partial charge >= 0.3 is 0 Å². The fraction of sp³-hybridized carbons (Fsp3) is 0.100. The minimum absolute atomic E-state index is 0.597. The van der Waals surface area contributed by atoms with E-state index in [1.165, 1.54) is 32.3 Å². The lowest BCUT2D eigenvalue weighted by molar-refractivity contribution is 0.976. The van der Waals surface area contributed by atoms with Crippen LogP contribution in [-0.2, 0) is 0 Å². The van der Waals surface area contributed by atoms with Crippen LogP contribution in [0.3, 0.4) is 0 Å². The highest BCUT2D eigenvalue weighted by atomic mass is 14.6. The Labute approximate surface area is 130 Å². The van der Waals surface area contributed by atoms with Gasteiger partial charge < -0.3 is 11.5 Å². The molecule has 0 radical (unpaired) electrons. The predicted octanol–water partition coefficient (Wildman–Crippen LogP) is 4.05. The Morgan fingerprint density at radius 1 is 0.409 bits per heavy atom. The highest BCUT2D eigenvalue weighted by molar-refractivity contribution is 6.25. The van der Waals surface area contributed by atoms with E-state index in [4.69, 9.17) is 11.5 Å². The van der Waals surface area contributed by atoms with Gasteiger partial charge in [0, 0.05) is 13.1 Å². The molecule has 0 saturated carbocycles. The highest BCUT2D eigenvalue weighted by Crippen LogP contribution is 2.34. The van der Waals surface area contributed by atoms with Gasteiger partial charge in [-0.1, -0.05) is 72.8 Å². The number of fused-ring (bicyclic) bond motifs is 6. The van der Waals surface area contributed by atoms with Crippen LogP contribution >= 0.6 is 0 Å². The molecule has 4 rings (SSSR count). The summed E-state index contributed by atoms with van der Waals surface area (Å²) in [7, 11) is 0. The summed E-state index contributed by atoms with van der Waals surface area (Å²) in [5.41, 5.74) is 9.81. The largest absolute Gasteiger partial charge is 0.329 e. The van der Waals surface area contributed by atoms with Crippen LogP contribution in [0.4, 0.5) is 0 Å². The zero-order chi connectivity index (χ0) is 15.4. The Kier molecular flexibility index (Phi) is 4.33. The summed E-state index contributed by atoms with van der Waals surface area (Å²) in [6, 6.07) is 26.0. The summed E-state index contributed by atoms with van der Waals surface area (Å²) in [6.45, 7) is 1.19. The van der Waals surface area contributed by atoms with Crippen molar-refractivity contribution in [3.63, 3.8) is 0 Å². The predicted molar refractivity (Wildman–Crippen MR) is 97.1 cm³/mol. The summed E-state index contributed by atoms with van der Waals surface area (Å²) < 4.78 is 0. The summed E-state index contributed by atoms with van der Waals surface area (Å²) in [6.07, 6.45) is 0. The van der Waals surface area contributed by atoms with Gasteiger partial charge in [0.25, 0.3) is 0 Å². The standard InChI is InChI=1S/C18H12.C2H8N2/c1-2-8-14-13(7-1)15-9-3-4-11-17(15)18-12-6-5-10-16(14)18;3-1-2-4/h1-12H;1-4H2. The molecular weight excluding hydrogens is 268 g/mol. The van der Waals surface area contributed by atoms with E-state index in [9.17, 15) is 0 Å². The van der Waals surface area contributed by atoms with Gasteiger partial charge in [0.1, 0.15) is 0 Å². The zero-order valence-electron chi connectivity index (χ0n) is 12.5. The van der Waals surface area contributed by atoms with Gasteiger partial charge in [0.15, 0.2) is 0 Å². The van der Waals surface area contributed by atoms with Crippen molar-refractivity contribution in [1.29, 1.82) is 0 Å². The van der Waals surface area contributed by atoms with Gasteiger partial charge in [-0.2, -0.15) is 0 Å². The van der Waals surface area contributed by atoms with Crippen molar-refractivity contribution in [3.05, 3.63) is 72.8 Å². The van der Waals surface area contributed by atoms with Crippen LogP contribution in [0.15, 0.2) is 72.8 Å². The lowest BCUT2D eigenvalue weighted by Crippen LogP contribution is -2.11. The van der Waals surface area contributed by atoms with Crippen LogP contribution < -0.4 is 11.5 Å². The average Bonchev–Trinajstić information content (AvgIpc) is 2.62. The van der Waals surface area contributed by atoms with E-state index in [1.54, 1.807) is 0 Å². The van der Waals surface area contributed by atoms with E-state index in [-0.39, 0.29) is 0 Å². The van der Waals surface area contributed by atoms with Crippen LogP contribution in [-0.4, -0.2) is 13.1 Å². The molecule has 0 fully saturated rings. The molecule has 0 aliphatic carbocycles. The van der Waals surface area contributed by atoms with Gasteiger partial charge in [-0.15, -0.1) is 0 Å². The fourth-order valence-electron chi connectivity index (χ4n) is 2.86. The molecule has 0 heterocycles. The summed E-state index contributed by atoms with van der Waals surface area (Å²) in [4.78, 5) is 0. The molecule has 0 amide bonds. The number of nitrogens with two attached hydrogens (primary N) is 2. The molecule has 110 valence electrons. The molecule has 0 saturated heterocycles. The molecule has 2 nitrogen and oxygen atoms in total. The van der Waals surface area contributed by atoms with Crippen molar-refractivity contribution in [2.75, 3.05) is 13.1 Å². The normalized spacial score (nSPS) is 10.6. The second-order valence-corrected chi connectivity index (χ2v) is 5.21. The first kappa shape index (κ1) is 14.5. The van der Waals surface area contributed by atoms with Gasteiger partial charge in [0.2, 0.25) is 0 Å². The van der Waals surface area contributed by atoms with Gasteiger partial charge in [-0.25, -0.2) is 0 Å². The third kappa shape index (κ3) is 2.54. The lowest BCUT2D eigenvalue weighted by atomic mass is 9.95. The maximum atomic E-state index is 4.90. The average molecular weight is 288 g/mol. The minimum Gasteiger partial charge on any atom is -0.329 e. The molecule has 0 aromatic heterocycles. The molecular formula is C20H20N2. The Morgan fingerprint density at radius 3 is 0.727 bits per heavy atom. The molecule has 0 bridgehead atoms. The lowest BCUT2D eigenvalue weighted by Gasteiger charge is -2.09. The van der Waals surface area contributed by atoms with Crippen molar-refractivity contribution in [1.82, 2.24) is 0 Å².